The summed E-state index contributed by atoms with van der Waals surface area (Å²) in [6.07, 6.45) is -0.410. The minimum absolute atomic E-state index is 0.0938. The van der Waals surface area contributed by atoms with Gasteiger partial charge in [-0.1, -0.05) is 30.3 Å². The predicted molar refractivity (Wildman–Crippen MR) is 94.7 cm³/mol. The van der Waals surface area contributed by atoms with Gasteiger partial charge in [0, 0.05) is 29.7 Å². The van der Waals surface area contributed by atoms with Crippen molar-refractivity contribution in [3.05, 3.63) is 75.3 Å². The maximum Gasteiger partial charge on any atom is 0.339 e. The summed E-state index contributed by atoms with van der Waals surface area (Å²) >= 11 is 0. The molecule has 0 aromatic heterocycles. The van der Waals surface area contributed by atoms with E-state index in [0.29, 0.717) is 16.8 Å². The number of rotatable bonds is 5. The van der Waals surface area contributed by atoms with E-state index in [1.165, 1.54) is 18.2 Å². The van der Waals surface area contributed by atoms with E-state index in [-0.39, 0.29) is 18.1 Å². The van der Waals surface area contributed by atoms with Gasteiger partial charge < -0.3 is 16.2 Å². The minimum atomic E-state index is -0.578. The standard InChI is InChI=1S/C17H15N5O4/c18-17(19)21-20-14(10-4-3-5-11(8-10)22(24)25)9-15-12-6-1-2-7-13(12)16(23)26-15/h1-8,15H,9H2,(H4,18,19,21). The van der Waals surface area contributed by atoms with Gasteiger partial charge in [-0.2, -0.15) is 5.10 Å². The molecule has 0 spiro atoms. The second-order valence-corrected chi connectivity index (χ2v) is 5.56. The van der Waals surface area contributed by atoms with Crippen molar-refractivity contribution < 1.29 is 14.5 Å². The molecule has 0 fully saturated rings. The lowest BCUT2D eigenvalue weighted by Crippen LogP contribution is -2.22. The number of nitrogens with two attached hydrogens (primary N) is 2. The monoisotopic (exact) mass is 353 g/mol. The Kier molecular flexibility index (Phi) is 4.61. The molecule has 0 amide bonds. The average molecular weight is 353 g/mol. The second kappa shape index (κ2) is 7.01. The predicted octanol–water partition coefficient (Wildman–Crippen LogP) is 1.87. The van der Waals surface area contributed by atoms with Crippen LogP contribution in [0, 0.1) is 10.1 Å². The number of nitrogens with zero attached hydrogens (tertiary/aromatic N) is 3. The van der Waals surface area contributed by atoms with Crippen LogP contribution in [-0.2, 0) is 4.74 Å². The summed E-state index contributed by atoms with van der Waals surface area (Å²) in [5.41, 5.74) is 12.6. The fourth-order valence-corrected chi connectivity index (χ4v) is 2.68. The smallest absolute Gasteiger partial charge is 0.339 e. The van der Waals surface area contributed by atoms with Gasteiger partial charge in [-0.05, 0) is 6.07 Å². The molecule has 26 heavy (non-hydrogen) atoms. The topological polar surface area (TPSA) is 146 Å². The first-order chi connectivity index (χ1) is 12.5. The molecule has 1 atom stereocenters. The third-order valence-electron chi connectivity index (χ3n) is 3.83. The summed E-state index contributed by atoms with van der Waals surface area (Å²) in [7, 11) is 0. The number of hydrogen-bond acceptors (Lipinski definition) is 6. The van der Waals surface area contributed by atoms with Crippen molar-refractivity contribution in [3.63, 3.8) is 0 Å². The number of carbonyl (C=O) groups excluding carboxylic acids is 1. The number of carbonyl (C=O) groups is 1. The van der Waals surface area contributed by atoms with Crippen LogP contribution in [0.5, 0.6) is 0 Å². The van der Waals surface area contributed by atoms with Crippen LogP contribution in [0.2, 0.25) is 0 Å². The Labute approximate surface area is 148 Å². The highest BCUT2D eigenvalue weighted by molar-refractivity contribution is 6.03. The first kappa shape index (κ1) is 17.1. The average Bonchev–Trinajstić information content (AvgIpc) is 2.94. The van der Waals surface area contributed by atoms with Crippen LogP contribution < -0.4 is 11.5 Å². The fourth-order valence-electron chi connectivity index (χ4n) is 2.68. The van der Waals surface area contributed by atoms with Gasteiger partial charge in [0.1, 0.15) is 6.10 Å². The van der Waals surface area contributed by atoms with Crippen LogP contribution in [0.15, 0.2) is 58.7 Å². The van der Waals surface area contributed by atoms with Crippen LogP contribution in [-0.4, -0.2) is 22.6 Å². The van der Waals surface area contributed by atoms with E-state index in [2.05, 4.69) is 10.2 Å². The van der Waals surface area contributed by atoms with Gasteiger partial charge in [0.05, 0.1) is 16.2 Å². The molecule has 1 unspecified atom stereocenters. The molecular weight excluding hydrogens is 338 g/mol. The van der Waals surface area contributed by atoms with E-state index in [0.717, 1.165) is 5.56 Å². The van der Waals surface area contributed by atoms with E-state index < -0.39 is 17.0 Å². The molecule has 0 saturated heterocycles. The lowest BCUT2D eigenvalue weighted by Gasteiger charge is -2.12. The molecule has 0 bridgehead atoms. The molecule has 0 saturated carbocycles. The minimum Gasteiger partial charge on any atom is -0.453 e. The summed E-state index contributed by atoms with van der Waals surface area (Å²) in [6.45, 7) is 0. The van der Waals surface area contributed by atoms with Crippen molar-refractivity contribution in [2.75, 3.05) is 0 Å². The highest BCUT2D eigenvalue weighted by Crippen LogP contribution is 2.34. The molecule has 9 heteroatoms. The summed E-state index contributed by atoms with van der Waals surface area (Å²) < 4.78 is 5.40. The summed E-state index contributed by atoms with van der Waals surface area (Å²) in [4.78, 5) is 22.5. The van der Waals surface area contributed by atoms with Crippen molar-refractivity contribution in [1.82, 2.24) is 0 Å². The maximum atomic E-state index is 12.0. The molecular formula is C17H15N5O4. The molecule has 9 nitrogen and oxygen atoms in total. The maximum absolute atomic E-state index is 12.0. The highest BCUT2D eigenvalue weighted by Gasteiger charge is 2.32. The number of ether oxygens (including phenoxy) is 1. The van der Waals surface area contributed by atoms with Gasteiger partial charge in [0.2, 0.25) is 5.96 Å². The second-order valence-electron chi connectivity index (χ2n) is 5.56. The van der Waals surface area contributed by atoms with E-state index in [9.17, 15) is 14.9 Å². The van der Waals surface area contributed by atoms with Crippen molar-refractivity contribution in [3.8, 4) is 0 Å². The Bertz CT molecular complexity index is 934. The van der Waals surface area contributed by atoms with Gasteiger partial charge in [0.25, 0.3) is 5.69 Å². The Morgan fingerprint density at radius 2 is 1.92 bits per heavy atom. The van der Waals surface area contributed by atoms with Crippen molar-refractivity contribution in [2.24, 2.45) is 21.7 Å². The van der Waals surface area contributed by atoms with Crippen molar-refractivity contribution >= 4 is 23.3 Å². The number of non-ortho nitro benzene ring substituents is 1. The lowest BCUT2D eigenvalue weighted by atomic mass is 9.98. The zero-order valence-electron chi connectivity index (χ0n) is 13.5. The molecule has 0 aliphatic carbocycles. The third-order valence-corrected chi connectivity index (χ3v) is 3.83. The Morgan fingerprint density at radius 3 is 2.65 bits per heavy atom. The number of esters is 1. The zero-order valence-corrected chi connectivity index (χ0v) is 13.5. The van der Waals surface area contributed by atoms with Gasteiger partial charge in [-0.15, -0.1) is 5.10 Å². The Balaban J connectivity index is 1.98. The number of hydrogen-bond donors (Lipinski definition) is 2. The van der Waals surface area contributed by atoms with Crippen LogP contribution in [0.3, 0.4) is 0 Å². The quantitative estimate of drug-likeness (QED) is 0.276. The molecule has 2 aromatic carbocycles. The van der Waals surface area contributed by atoms with Gasteiger partial charge in [-0.3, -0.25) is 10.1 Å². The number of fused-ring (bicyclic) bond motifs is 1. The Morgan fingerprint density at radius 1 is 1.15 bits per heavy atom. The molecule has 132 valence electrons. The van der Waals surface area contributed by atoms with Crippen LogP contribution in [0.25, 0.3) is 0 Å². The largest absolute Gasteiger partial charge is 0.453 e. The van der Waals surface area contributed by atoms with Crippen molar-refractivity contribution in [1.29, 1.82) is 0 Å². The molecule has 3 rings (SSSR count). The van der Waals surface area contributed by atoms with Gasteiger partial charge >= 0.3 is 5.97 Å². The molecule has 0 radical (unpaired) electrons. The van der Waals surface area contributed by atoms with E-state index in [4.69, 9.17) is 16.2 Å². The van der Waals surface area contributed by atoms with Crippen LogP contribution in [0.4, 0.5) is 5.69 Å². The lowest BCUT2D eigenvalue weighted by molar-refractivity contribution is -0.384. The number of guanidine groups is 1. The van der Waals surface area contributed by atoms with Crippen molar-refractivity contribution in [2.45, 2.75) is 12.5 Å². The first-order valence-electron chi connectivity index (χ1n) is 7.66. The van der Waals surface area contributed by atoms with E-state index in [1.807, 2.05) is 0 Å². The zero-order chi connectivity index (χ0) is 18.7. The molecule has 1 heterocycles. The summed E-state index contributed by atoms with van der Waals surface area (Å²) in [5.74, 6) is -0.678. The number of nitro benzene ring substituents is 1. The molecule has 1 aliphatic heterocycles. The fraction of sp³-hybridized carbons (Fsp3) is 0.118. The number of nitro groups is 1. The van der Waals surface area contributed by atoms with E-state index >= 15 is 0 Å². The Hall–Kier alpha value is -3.75. The molecule has 4 N–H and O–H groups in total. The number of cyclic esters (lactones) is 1. The third kappa shape index (κ3) is 3.51. The van der Waals surface area contributed by atoms with E-state index in [1.54, 1.807) is 30.3 Å². The van der Waals surface area contributed by atoms with Gasteiger partial charge in [-0.25, -0.2) is 4.79 Å². The van der Waals surface area contributed by atoms with Crippen LogP contribution >= 0.6 is 0 Å². The molecule has 1 aliphatic rings. The first-order valence-corrected chi connectivity index (χ1v) is 7.66. The highest BCUT2D eigenvalue weighted by atomic mass is 16.6. The van der Waals surface area contributed by atoms with Crippen LogP contribution in [0.1, 0.15) is 34.0 Å². The number of benzene rings is 2. The van der Waals surface area contributed by atoms with Gasteiger partial charge in [0.15, 0.2) is 0 Å². The SMILES string of the molecule is NC(N)=NN=C(CC1OC(=O)c2ccccc21)c1cccc([N+](=O)[O-])c1. The molecule has 2 aromatic rings. The summed E-state index contributed by atoms with van der Waals surface area (Å²) in [6, 6.07) is 12.9. The summed E-state index contributed by atoms with van der Waals surface area (Å²) in [5, 5.41) is 18.7. The normalized spacial score (nSPS) is 15.9.